The van der Waals surface area contributed by atoms with Crippen molar-refractivity contribution in [1.82, 2.24) is 9.97 Å². The van der Waals surface area contributed by atoms with Gasteiger partial charge in [0.1, 0.15) is 5.65 Å². The lowest BCUT2D eigenvalue weighted by Crippen LogP contribution is -2.09. The molecule has 3 rings (SSSR count). The molecule has 0 aliphatic heterocycles. The molecule has 130 valence electrons. The van der Waals surface area contributed by atoms with Gasteiger partial charge in [-0.3, -0.25) is 0 Å². The van der Waals surface area contributed by atoms with Gasteiger partial charge >= 0.3 is 12.3 Å². The summed E-state index contributed by atoms with van der Waals surface area (Å²) >= 11 is 0. The molecule has 0 radical (unpaired) electrons. The Kier molecular flexibility index (Phi) is 5.72. The fourth-order valence-electron chi connectivity index (χ4n) is 2.63. The van der Waals surface area contributed by atoms with Gasteiger partial charge in [-0.05, 0) is 49.1 Å². The average Bonchev–Trinajstić information content (AvgIpc) is 2.92. The molecule has 3 aromatic rings. The minimum Gasteiger partial charge on any atom is -0.344 e. The average molecular weight is 348 g/mol. The quantitative estimate of drug-likeness (QED) is 0.775. The van der Waals surface area contributed by atoms with Crippen molar-refractivity contribution < 1.29 is 22.8 Å². The zero-order chi connectivity index (χ0) is 18.4. The van der Waals surface area contributed by atoms with E-state index in [9.17, 15) is 13.2 Å². The van der Waals surface area contributed by atoms with Gasteiger partial charge in [-0.15, -0.1) is 0 Å². The molecule has 0 unspecified atom stereocenters. The summed E-state index contributed by atoms with van der Waals surface area (Å²) < 4.78 is 38.9. The predicted octanol–water partition coefficient (Wildman–Crippen LogP) is 4.09. The first-order chi connectivity index (χ1) is 11.8. The van der Waals surface area contributed by atoms with Crippen molar-refractivity contribution in [3.05, 3.63) is 65.0 Å². The molecule has 25 heavy (non-hydrogen) atoms. The highest BCUT2D eigenvalue weighted by atomic mass is 19.4. The first kappa shape index (κ1) is 18.4. The van der Waals surface area contributed by atoms with Crippen molar-refractivity contribution in [3.8, 4) is 0 Å². The van der Waals surface area contributed by atoms with Crippen LogP contribution in [-0.4, -0.2) is 16.1 Å². The largest absolute Gasteiger partial charge is 0.416 e. The lowest BCUT2D eigenvalue weighted by molar-refractivity contribution is -0.191. The molecule has 7 heteroatoms. The number of carbonyl (C=O) groups excluding carboxylic acids is 2. The number of rotatable bonds is 3. The minimum absolute atomic E-state index is 0.250. The summed E-state index contributed by atoms with van der Waals surface area (Å²) in [5.41, 5.74) is 2.52. The van der Waals surface area contributed by atoms with Gasteiger partial charge in [0.2, 0.25) is 0 Å². The molecule has 0 fully saturated rings. The lowest BCUT2D eigenvalue weighted by Gasteiger charge is -2.12. The Balaban J connectivity index is 0.000000701. The third kappa shape index (κ3) is 4.78. The molecule has 2 aromatic heterocycles. The highest BCUT2D eigenvalue weighted by Gasteiger charge is 2.32. The van der Waals surface area contributed by atoms with E-state index in [1.165, 1.54) is 12.1 Å². The van der Waals surface area contributed by atoms with Gasteiger partial charge in [0.05, 0.1) is 5.56 Å². The van der Waals surface area contributed by atoms with Crippen molar-refractivity contribution in [2.24, 2.45) is 0 Å². The summed E-state index contributed by atoms with van der Waals surface area (Å²) in [5, 5.41) is 0.985. The number of aromatic nitrogens is 2. The molecule has 4 nitrogen and oxygen atoms in total. The van der Waals surface area contributed by atoms with Crippen LogP contribution in [0, 0.1) is 6.92 Å². The monoisotopic (exact) mass is 348 g/mol. The van der Waals surface area contributed by atoms with Gasteiger partial charge in [0.15, 0.2) is 0 Å². The van der Waals surface area contributed by atoms with Crippen LogP contribution in [0.1, 0.15) is 22.4 Å². The van der Waals surface area contributed by atoms with E-state index in [0.717, 1.165) is 28.4 Å². The molecular formula is C18H15F3N2O2. The van der Waals surface area contributed by atoms with Crippen LogP contribution in [0.2, 0.25) is 0 Å². The van der Waals surface area contributed by atoms with E-state index in [1.807, 2.05) is 19.1 Å². The van der Waals surface area contributed by atoms with Crippen LogP contribution in [0.15, 0.2) is 42.6 Å². The van der Waals surface area contributed by atoms with Gasteiger partial charge < -0.3 is 4.98 Å². The number of nitrogens with one attached hydrogen (secondary N) is 1. The maximum atomic E-state index is 13.0. The summed E-state index contributed by atoms with van der Waals surface area (Å²) in [7, 11) is 0. The molecule has 0 spiro atoms. The highest BCUT2D eigenvalue weighted by Crippen LogP contribution is 2.32. The molecule has 0 saturated carbocycles. The van der Waals surface area contributed by atoms with Crippen molar-refractivity contribution in [1.29, 1.82) is 0 Å². The van der Waals surface area contributed by atoms with E-state index in [4.69, 9.17) is 9.59 Å². The summed E-state index contributed by atoms with van der Waals surface area (Å²) in [5.74, 6) is 0. The molecule has 2 heterocycles. The smallest absolute Gasteiger partial charge is 0.344 e. The van der Waals surface area contributed by atoms with E-state index < -0.39 is 11.7 Å². The predicted molar refractivity (Wildman–Crippen MR) is 84.7 cm³/mol. The highest BCUT2D eigenvalue weighted by molar-refractivity contribution is 5.76. The Hall–Kier alpha value is -2.92. The second kappa shape index (κ2) is 7.77. The number of aromatic amines is 1. The minimum atomic E-state index is -4.31. The van der Waals surface area contributed by atoms with E-state index in [1.54, 1.807) is 12.3 Å². The number of alkyl halides is 3. The van der Waals surface area contributed by atoms with E-state index in [0.29, 0.717) is 18.4 Å². The second-order valence-electron chi connectivity index (χ2n) is 5.47. The topological polar surface area (TPSA) is 62.8 Å². The van der Waals surface area contributed by atoms with Crippen molar-refractivity contribution >= 4 is 17.2 Å². The Morgan fingerprint density at radius 3 is 2.48 bits per heavy atom. The van der Waals surface area contributed by atoms with Gasteiger partial charge in [-0.2, -0.15) is 22.8 Å². The zero-order valence-electron chi connectivity index (χ0n) is 13.4. The number of pyridine rings is 1. The number of benzene rings is 1. The van der Waals surface area contributed by atoms with Crippen molar-refractivity contribution in [3.63, 3.8) is 0 Å². The Morgan fingerprint density at radius 2 is 1.80 bits per heavy atom. The van der Waals surface area contributed by atoms with Crippen LogP contribution >= 0.6 is 0 Å². The Bertz CT molecular complexity index is 895. The number of fused-ring (bicyclic) bond motifs is 1. The lowest BCUT2D eigenvalue weighted by atomic mass is 10.00. The number of hydrogen-bond acceptors (Lipinski definition) is 3. The van der Waals surface area contributed by atoms with Crippen molar-refractivity contribution in [2.45, 2.75) is 25.9 Å². The van der Waals surface area contributed by atoms with Crippen LogP contribution in [-0.2, 0) is 28.6 Å². The normalized spacial score (nSPS) is 10.9. The molecule has 0 atom stereocenters. The number of aryl methyl sites for hydroxylation is 3. The van der Waals surface area contributed by atoms with Crippen LogP contribution in [0.4, 0.5) is 13.2 Å². The molecule has 0 amide bonds. The summed E-state index contributed by atoms with van der Waals surface area (Å²) in [6.07, 6.45) is -1.47. The fourth-order valence-corrected chi connectivity index (χ4v) is 2.63. The number of H-pyrrole nitrogens is 1. The van der Waals surface area contributed by atoms with E-state index in [2.05, 4.69) is 9.97 Å². The summed E-state index contributed by atoms with van der Waals surface area (Å²) in [6.45, 7) is 1.95. The first-order valence-corrected chi connectivity index (χ1v) is 7.43. The van der Waals surface area contributed by atoms with Gasteiger partial charge in [0.25, 0.3) is 0 Å². The molecule has 0 bridgehead atoms. The third-order valence-corrected chi connectivity index (χ3v) is 3.67. The Morgan fingerprint density at radius 1 is 1.12 bits per heavy atom. The zero-order valence-corrected chi connectivity index (χ0v) is 13.4. The Labute approximate surface area is 141 Å². The van der Waals surface area contributed by atoms with E-state index in [-0.39, 0.29) is 6.15 Å². The van der Waals surface area contributed by atoms with Crippen molar-refractivity contribution in [2.75, 3.05) is 0 Å². The van der Waals surface area contributed by atoms with E-state index >= 15 is 0 Å². The summed E-state index contributed by atoms with van der Waals surface area (Å²) in [4.78, 5) is 23.7. The number of hydrogen-bond donors (Lipinski definition) is 1. The SMILES string of the molecule is Cc1cc2cc(CCc3ccccc3C(F)(F)F)cnc2[nH]1.O=C=O. The second-order valence-corrected chi connectivity index (χ2v) is 5.47. The van der Waals surface area contributed by atoms with Crippen LogP contribution in [0.25, 0.3) is 11.0 Å². The fraction of sp³-hybridized carbons (Fsp3) is 0.222. The molecule has 0 aliphatic carbocycles. The number of nitrogens with zero attached hydrogens (tertiary/aromatic N) is 1. The molecular weight excluding hydrogens is 333 g/mol. The number of halogens is 3. The molecule has 0 saturated heterocycles. The van der Waals surface area contributed by atoms with Gasteiger partial charge in [-0.25, -0.2) is 4.98 Å². The molecule has 1 N–H and O–H groups in total. The first-order valence-electron chi connectivity index (χ1n) is 7.43. The molecule has 1 aromatic carbocycles. The van der Waals surface area contributed by atoms with Crippen LogP contribution < -0.4 is 0 Å². The standard InChI is InChI=1S/C17H15F3N2.CO2/c1-11-8-14-9-12(10-21-16(14)22-11)6-7-13-4-2-3-5-15(13)17(18,19)20;2-1-3/h2-5,8-10H,6-7H2,1H3,(H,21,22);. The summed E-state index contributed by atoms with van der Waals surface area (Å²) in [6, 6.07) is 9.68. The maximum absolute atomic E-state index is 13.0. The molecule has 0 aliphatic rings. The maximum Gasteiger partial charge on any atom is 0.416 e. The van der Waals surface area contributed by atoms with Crippen LogP contribution in [0.3, 0.4) is 0 Å². The van der Waals surface area contributed by atoms with Gasteiger partial charge in [0, 0.05) is 17.3 Å². The van der Waals surface area contributed by atoms with Gasteiger partial charge in [-0.1, -0.05) is 18.2 Å². The third-order valence-electron chi connectivity index (χ3n) is 3.67. The van der Waals surface area contributed by atoms with Crippen LogP contribution in [0.5, 0.6) is 0 Å².